The van der Waals surface area contributed by atoms with Crippen molar-refractivity contribution in [2.24, 2.45) is 12.8 Å². The fourth-order valence-electron chi connectivity index (χ4n) is 2.07. The zero-order valence-electron chi connectivity index (χ0n) is 9.76. The largest absolute Gasteiger partial charge is 0.339 e. The summed E-state index contributed by atoms with van der Waals surface area (Å²) in [7, 11) is 1.85. The van der Waals surface area contributed by atoms with Crippen LogP contribution < -0.4 is 5.73 Å². The zero-order valence-corrected chi connectivity index (χ0v) is 9.76. The molecule has 0 unspecified atom stereocenters. The van der Waals surface area contributed by atoms with Gasteiger partial charge in [0.2, 0.25) is 11.7 Å². The van der Waals surface area contributed by atoms with Crippen molar-refractivity contribution in [2.75, 3.05) is 0 Å². The minimum Gasteiger partial charge on any atom is -0.339 e. The predicted octanol–water partition coefficient (Wildman–Crippen LogP) is 0.894. The lowest BCUT2D eigenvalue weighted by Gasteiger charge is -2.36. The van der Waals surface area contributed by atoms with E-state index in [9.17, 15) is 0 Å². The summed E-state index contributed by atoms with van der Waals surface area (Å²) in [4.78, 5) is 4.33. The van der Waals surface area contributed by atoms with Gasteiger partial charge < -0.3 is 10.3 Å². The zero-order chi connectivity index (χ0) is 11.9. The minimum atomic E-state index is -0.131. The molecule has 6 nitrogen and oxygen atoms in total. The van der Waals surface area contributed by atoms with Crippen molar-refractivity contribution in [3.63, 3.8) is 0 Å². The van der Waals surface area contributed by atoms with Gasteiger partial charge in [-0.3, -0.25) is 4.68 Å². The second-order valence-electron chi connectivity index (χ2n) is 4.78. The van der Waals surface area contributed by atoms with Gasteiger partial charge in [0.1, 0.15) is 5.69 Å². The number of rotatable bonds is 3. The van der Waals surface area contributed by atoms with Crippen molar-refractivity contribution in [1.29, 1.82) is 0 Å². The van der Waals surface area contributed by atoms with Gasteiger partial charge in [-0.25, -0.2) is 0 Å². The van der Waals surface area contributed by atoms with E-state index in [1.54, 1.807) is 4.68 Å². The van der Waals surface area contributed by atoms with Gasteiger partial charge in [0.15, 0.2) is 0 Å². The summed E-state index contributed by atoms with van der Waals surface area (Å²) in [5.41, 5.74) is 6.73. The molecule has 3 rings (SSSR count). The molecule has 1 saturated carbocycles. The summed E-state index contributed by atoms with van der Waals surface area (Å²) in [6, 6.07) is 1.86. The molecule has 0 radical (unpaired) electrons. The molecule has 1 aliphatic rings. The number of nitrogens with two attached hydrogens (primary N) is 1. The molecule has 0 spiro atoms. The Hall–Kier alpha value is -1.69. The van der Waals surface area contributed by atoms with Crippen LogP contribution in [0.25, 0.3) is 11.5 Å². The van der Waals surface area contributed by atoms with E-state index < -0.39 is 0 Å². The molecule has 0 aliphatic heterocycles. The predicted molar refractivity (Wildman–Crippen MR) is 61.0 cm³/mol. The number of hydrogen-bond acceptors (Lipinski definition) is 5. The summed E-state index contributed by atoms with van der Waals surface area (Å²) in [6.07, 6.45) is 5.77. The Bertz CT molecular complexity index is 525. The maximum atomic E-state index is 6.14. The first-order chi connectivity index (χ1) is 8.15. The summed E-state index contributed by atoms with van der Waals surface area (Å²) in [6.45, 7) is 0. The highest BCUT2D eigenvalue weighted by molar-refractivity contribution is 5.46. The highest BCUT2D eigenvalue weighted by Gasteiger charge is 2.34. The van der Waals surface area contributed by atoms with Crippen molar-refractivity contribution in [2.45, 2.75) is 31.2 Å². The number of aromatic nitrogens is 4. The molecule has 0 atom stereocenters. The summed E-state index contributed by atoms with van der Waals surface area (Å²) < 4.78 is 6.92. The third-order valence-electron chi connectivity index (χ3n) is 3.26. The Morgan fingerprint density at radius 3 is 2.94 bits per heavy atom. The molecular weight excluding hydrogens is 218 g/mol. The van der Waals surface area contributed by atoms with E-state index in [0.717, 1.165) is 18.5 Å². The molecule has 2 aromatic heterocycles. The van der Waals surface area contributed by atoms with E-state index in [-0.39, 0.29) is 5.54 Å². The molecule has 0 amide bonds. The molecule has 0 bridgehead atoms. The van der Waals surface area contributed by atoms with Crippen LogP contribution >= 0.6 is 0 Å². The second kappa shape index (κ2) is 3.66. The molecule has 2 heterocycles. The van der Waals surface area contributed by atoms with Gasteiger partial charge in [0.25, 0.3) is 0 Å². The van der Waals surface area contributed by atoms with Crippen LogP contribution in [0.3, 0.4) is 0 Å². The maximum absolute atomic E-state index is 6.14. The Morgan fingerprint density at radius 1 is 1.53 bits per heavy atom. The van der Waals surface area contributed by atoms with Gasteiger partial charge in [-0.05, 0) is 25.3 Å². The number of aryl methyl sites for hydroxylation is 1. The first-order valence-electron chi connectivity index (χ1n) is 5.76. The molecular formula is C11H15N5O. The van der Waals surface area contributed by atoms with Gasteiger partial charge >= 0.3 is 0 Å². The van der Waals surface area contributed by atoms with Crippen molar-refractivity contribution < 1.29 is 4.52 Å². The van der Waals surface area contributed by atoms with Crippen molar-refractivity contribution >= 4 is 0 Å². The molecule has 2 N–H and O–H groups in total. The van der Waals surface area contributed by atoms with E-state index in [4.69, 9.17) is 10.3 Å². The van der Waals surface area contributed by atoms with Gasteiger partial charge in [-0.2, -0.15) is 10.1 Å². The van der Waals surface area contributed by atoms with Crippen LogP contribution in [0.2, 0.25) is 0 Å². The Balaban J connectivity index is 1.78. The van der Waals surface area contributed by atoms with Crippen LogP contribution in [0, 0.1) is 0 Å². The summed E-state index contributed by atoms with van der Waals surface area (Å²) >= 11 is 0. The fourth-order valence-corrected chi connectivity index (χ4v) is 2.07. The first kappa shape index (κ1) is 10.5. The van der Waals surface area contributed by atoms with Crippen molar-refractivity contribution in [1.82, 2.24) is 19.9 Å². The lowest BCUT2D eigenvalue weighted by molar-refractivity contribution is 0.222. The smallest absolute Gasteiger partial charge is 0.228 e. The summed E-state index contributed by atoms with van der Waals surface area (Å²) in [5, 5.41) is 8.15. The molecule has 17 heavy (non-hydrogen) atoms. The third-order valence-corrected chi connectivity index (χ3v) is 3.26. The van der Waals surface area contributed by atoms with Crippen LogP contribution in [0.15, 0.2) is 16.8 Å². The van der Waals surface area contributed by atoms with Gasteiger partial charge in [-0.15, -0.1) is 0 Å². The van der Waals surface area contributed by atoms with Gasteiger partial charge in [0, 0.05) is 25.2 Å². The maximum Gasteiger partial charge on any atom is 0.228 e. The highest BCUT2D eigenvalue weighted by atomic mass is 16.5. The monoisotopic (exact) mass is 233 g/mol. The molecule has 0 aromatic carbocycles. The lowest BCUT2D eigenvalue weighted by atomic mass is 9.75. The number of hydrogen-bond donors (Lipinski definition) is 1. The second-order valence-corrected chi connectivity index (χ2v) is 4.78. The van der Waals surface area contributed by atoms with Gasteiger partial charge in [0.05, 0.1) is 0 Å². The Labute approximate surface area is 98.8 Å². The van der Waals surface area contributed by atoms with E-state index in [0.29, 0.717) is 18.1 Å². The molecule has 90 valence electrons. The normalized spacial score (nSPS) is 18.0. The minimum absolute atomic E-state index is 0.131. The molecule has 6 heteroatoms. The quantitative estimate of drug-likeness (QED) is 0.851. The highest BCUT2D eigenvalue weighted by Crippen LogP contribution is 2.32. The molecule has 1 aliphatic carbocycles. The molecule has 2 aromatic rings. The van der Waals surface area contributed by atoms with Crippen LogP contribution in [0.5, 0.6) is 0 Å². The van der Waals surface area contributed by atoms with E-state index in [1.165, 1.54) is 6.42 Å². The van der Waals surface area contributed by atoms with E-state index in [1.807, 2.05) is 19.3 Å². The summed E-state index contributed by atoms with van der Waals surface area (Å²) in [5.74, 6) is 1.14. The van der Waals surface area contributed by atoms with Crippen LogP contribution in [-0.4, -0.2) is 25.5 Å². The Kier molecular flexibility index (Phi) is 2.25. The molecule has 0 saturated heterocycles. The Morgan fingerprint density at radius 2 is 2.35 bits per heavy atom. The average Bonchev–Trinajstić information content (AvgIpc) is 2.84. The average molecular weight is 233 g/mol. The van der Waals surface area contributed by atoms with Crippen molar-refractivity contribution in [3.8, 4) is 11.5 Å². The van der Waals surface area contributed by atoms with Crippen LogP contribution in [-0.2, 0) is 13.5 Å². The standard InChI is InChI=1S/C11H15N5O/c1-16-6-3-8(14-16)10-13-9(17-15-10)7-11(12)4-2-5-11/h3,6H,2,4-5,7,12H2,1H3. The van der Waals surface area contributed by atoms with Crippen LogP contribution in [0.4, 0.5) is 0 Å². The third kappa shape index (κ3) is 1.95. The number of nitrogens with zero attached hydrogens (tertiary/aromatic N) is 4. The first-order valence-corrected chi connectivity index (χ1v) is 5.76. The van der Waals surface area contributed by atoms with E-state index in [2.05, 4.69) is 15.2 Å². The molecule has 1 fully saturated rings. The SMILES string of the molecule is Cn1ccc(-c2noc(CC3(N)CCC3)n2)n1. The van der Waals surface area contributed by atoms with E-state index >= 15 is 0 Å². The van der Waals surface area contributed by atoms with Crippen molar-refractivity contribution in [3.05, 3.63) is 18.2 Å². The fraction of sp³-hybridized carbons (Fsp3) is 0.545. The lowest BCUT2D eigenvalue weighted by Crippen LogP contribution is -2.48. The van der Waals surface area contributed by atoms with Gasteiger partial charge in [-0.1, -0.05) is 5.16 Å². The van der Waals surface area contributed by atoms with Crippen LogP contribution in [0.1, 0.15) is 25.2 Å². The topological polar surface area (TPSA) is 82.8 Å².